The van der Waals surface area contributed by atoms with Crippen LogP contribution in [-0.4, -0.2) is 25.5 Å². The molecular formula is C17H18N2O4. The smallest absolute Gasteiger partial charge is 0.262 e. The summed E-state index contributed by atoms with van der Waals surface area (Å²) in [5, 5.41) is 2.72. The van der Waals surface area contributed by atoms with Gasteiger partial charge in [-0.3, -0.25) is 9.59 Å². The van der Waals surface area contributed by atoms with Crippen molar-refractivity contribution >= 4 is 17.5 Å². The zero-order valence-electron chi connectivity index (χ0n) is 13.0. The van der Waals surface area contributed by atoms with E-state index in [-0.39, 0.29) is 23.8 Å². The van der Waals surface area contributed by atoms with E-state index < -0.39 is 5.91 Å². The zero-order valence-corrected chi connectivity index (χ0v) is 13.0. The second-order valence-electron chi connectivity index (χ2n) is 4.90. The summed E-state index contributed by atoms with van der Waals surface area (Å²) in [6.45, 7) is 1.66. The average Bonchev–Trinajstić information content (AvgIpc) is 2.53. The molecule has 0 radical (unpaired) electrons. The molecule has 0 unspecified atom stereocenters. The molecule has 0 heterocycles. The van der Waals surface area contributed by atoms with E-state index in [9.17, 15) is 9.59 Å². The fraction of sp³-hybridized carbons (Fsp3) is 0.176. The highest BCUT2D eigenvalue weighted by atomic mass is 16.5. The van der Waals surface area contributed by atoms with Crippen molar-refractivity contribution in [2.24, 2.45) is 5.73 Å². The Balaban J connectivity index is 2.04. The lowest BCUT2D eigenvalue weighted by Crippen LogP contribution is -2.22. The number of carbonyl (C=O) groups is 2. The Hall–Kier alpha value is -3.02. The number of nitrogens with one attached hydrogen (secondary N) is 1. The maximum atomic E-state index is 12.0. The van der Waals surface area contributed by atoms with Crippen LogP contribution in [0.25, 0.3) is 0 Å². The van der Waals surface area contributed by atoms with Gasteiger partial charge in [-0.05, 0) is 36.8 Å². The minimum Gasteiger partial charge on any atom is -0.495 e. The summed E-state index contributed by atoms with van der Waals surface area (Å²) in [7, 11) is 1.53. The van der Waals surface area contributed by atoms with Gasteiger partial charge in [0.2, 0.25) is 0 Å². The fourth-order valence-electron chi connectivity index (χ4n) is 2.05. The summed E-state index contributed by atoms with van der Waals surface area (Å²) in [5.74, 6) is -0.151. The zero-order chi connectivity index (χ0) is 16.8. The van der Waals surface area contributed by atoms with Crippen LogP contribution in [0.4, 0.5) is 5.69 Å². The molecule has 0 atom stereocenters. The van der Waals surface area contributed by atoms with Crippen LogP contribution in [0.5, 0.6) is 11.5 Å². The number of aryl methyl sites for hydroxylation is 1. The first-order valence-corrected chi connectivity index (χ1v) is 6.97. The molecule has 23 heavy (non-hydrogen) atoms. The molecule has 3 N–H and O–H groups in total. The van der Waals surface area contributed by atoms with Crippen LogP contribution in [0.2, 0.25) is 0 Å². The fourth-order valence-corrected chi connectivity index (χ4v) is 2.05. The van der Waals surface area contributed by atoms with Crippen LogP contribution < -0.4 is 20.5 Å². The highest BCUT2D eigenvalue weighted by Crippen LogP contribution is 2.25. The van der Waals surface area contributed by atoms with Gasteiger partial charge in [-0.1, -0.05) is 18.2 Å². The number of amides is 2. The summed E-state index contributed by atoms with van der Waals surface area (Å²) in [5.41, 5.74) is 7.04. The lowest BCUT2D eigenvalue weighted by Gasteiger charge is -2.12. The van der Waals surface area contributed by atoms with Crippen molar-refractivity contribution < 1.29 is 19.1 Å². The lowest BCUT2D eigenvalue weighted by molar-refractivity contribution is -0.118. The molecule has 2 amide bonds. The topological polar surface area (TPSA) is 90.7 Å². The minimum absolute atomic E-state index is 0.230. The quantitative estimate of drug-likeness (QED) is 0.854. The van der Waals surface area contributed by atoms with Crippen molar-refractivity contribution in [3.8, 4) is 11.5 Å². The molecule has 0 fully saturated rings. The van der Waals surface area contributed by atoms with Crippen molar-refractivity contribution in [3.63, 3.8) is 0 Å². The number of anilines is 1. The number of rotatable bonds is 6. The predicted octanol–water partition coefficient (Wildman–Crippen LogP) is 2.12. The van der Waals surface area contributed by atoms with E-state index in [1.807, 2.05) is 13.0 Å². The van der Waals surface area contributed by atoms with E-state index >= 15 is 0 Å². The third-order valence-corrected chi connectivity index (χ3v) is 3.14. The second kappa shape index (κ2) is 7.31. The van der Waals surface area contributed by atoms with Gasteiger partial charge < -0.3 is 20.5 Å². The molecule has 2 aromatic carbocycles. The van der Waals surface area contributed by atoms with Crippen molar-refractivity contribution in [3.05, 3.63) is 53.6 Å². The summed E-state index contributed by atoms with van der Waals surface area (Å²) in [6.07, 6.45) is 0. The predicted molar refractivity (Wildman–Crippen MR) is 86.8 cm³/mol. The van der Waals surface area contributed by atoms with E-state index in [1.54, 1.807) is 36.4 Å². The van der Waals surface area contributed by atoms with Crippen LogP contribution in [-0.2, 0) is 4.79 Å². The van der Waals surface area contributed by atoms with Crippen LogP contribution >= 0.6 is 0 Å². The SMILES string of the molecule is COc1ccc(C)cc1NC(=O)COc1ccccc1C(N)=O. The highest BCUT2D eigenvalue weighted by Gasteiger charge is 2.12. The molecule has 6 heteroatoms. The number of primary amides is 1. The molecule has 0 saturated carbocycles. The first-order chi connectivity index (χ1) is 11.0. The first-order valence-electron chi connectivity index (χ1n) is 6.97. The van der Waals surface area contributed by atoms with Crippen LogP contribution in [0, 0.1) is 6.92 Å². The normalized spacial score (nSPS) is 10.0. The molecule has 0 saturated heterocycles. The molecule has 0 aliphatic heterocycles. The summed E-state index contributed by atoms with van der Waals surface area (Å²) in [4.78, 5) is 23.3. The number of nitrogens with two attached hydrogens (primary N) is 1. The van der Waals surface area contributed by atoms with Crippen molar-refractivity contribution in [1.82, 2.24) is 0 Å². The molecule has 0 aliphatic carbocycles. The van der Waals surface area contributed by atoms with Gasteiger partial charge in [0.25, 0.3) is 11.8 Å². The number of carbonyl (C=O) groups excluding carboxylic acids is 2. The molecule has 2 rings (SSSR count). The molecule has 0 spiro atoms. The van der Waals surface area contributed by atoms with Crippen LogP contribution in [0.15, 0.2) is 42.5 Å². The minimum atomic E-state index is -0.610. The number of hydrogen-bond acceptors (Lipinski definition) is 4. The van der Waals surface area contributed by atoms with Crippen LogP contribution in [0.1, 0.15) is 15.9 Å². The first kappa shape index (κ1) is 16.4. The molecular weight excluding hydrogens is 296 g/mol. The largest absolute Gasteiger partial charge is 0.495 e. The van der Waals surface area contributed by atoms with Gasteiger partial charge in [-0.25, -0.2) is 0 Å². The molecule has 2 aromatic rings. The third kappa shape index (κ3) is 4.23. The van der Waals surface area contributed by atoms with Crippen molar-refractivity contribution in [2.75, 3.05) is 19.0 Å². The van der Waals surface area contributed by atoms with Crippen LogP contribution in [0.3, 0.4) is 0 Å². The maximum Gasteiger partial charge on any atom is 0.262 e. The Labute approximate surface area is 134 Å². The third-order valence-electron chi connectivity index (χ3n) is 3.14. The van der Waals surface area contributed by atoms with Crippen molar-refractivity contribution in [2.45, 2.75) is 6.92 Å². The molecule has 120 valence electrons. The lowest BCUT2D eigenvalue weighted by atomic mass is 10.2. The summed E-state index contributed by atoms with van der Waals surface area (Å²) in [6, 6.07) is 11.9. The monoisotopic (exact) mass is 314 g/mol. The Morgan fingerprint density at radius 1 is 1.13 bits per heavy atom. The number of benzene rings is 2. The van der Waals surface area contributed by atoms with E-state index in [2.05, 4.69) is 5.32 Å². The number of hydrogen-bond donors (Lipinski definition) is 2. The van der Waals surface area contributed by atoms with Gasteiger partial charge in [0.1, 0.15) is 11.5 Å². The average molecular weight is 314 g/mol. The van der Waals surface area contributed by atoms with E-state index in [4.69, 9.17) is 15.2 Å². The molecule has 0 aromatic heterocycles. The highest BCUT2D eigenvalue weighted by molar-refractivity contribution is 5.96. The molecule has 6 nitrogen and oxygen atoms in total. The Bertz CT molecular complexity index is 728. The Morgan fingerprint density at radius 3 is 2.57 bits per heavy atom. The van der Waals surface area contributed by atoms with E-state index in [0.29, 0.717) is 11.4 Å². The molecule has 0 aliphatic rings. The van der Waals surface area contributed by atoms with E-state index in [0.717, 1.165) is 5.56 Å². The van der Waals surface area contributed by atoms with Gasteiger partial charge >= 0.3 is 0 Å². The standard InChI is InChI=1S/C17H18N2O4/c1-11-7-8-15(22-2)13(9-11)19-16(20)10-23-14-6-4-3-5-12(14)17(18)21/h3-9H,10H2,1-2H3,(H2,18,21)(H,19,20). The summed E-state index contributed by atoms with van der Waals surface area (Å²) < 4.78 is 10.6. The van der Waals surface area contributed by atoms with Gasteiger partial charge in [-0.15, -0.1) is 0 Å². The van der Waals surface area contributed by atoms with Gasteiger partial charge in [0.15, 0.2) is 6.61 Å². The Morgan fingerprint density at radius 2 is 1.87 bits per heavy atom. The molecule has 0 bridgehead atoms. The van der Waals surface area contributed by atoms with E-state index in [1.165, 1.54) is 7.11 Å². The maximum absolute atomic E-state index is 12.0. The number of ether oxygens (including phenoxy) is 2. The Kier molecular flexibility index (Phi) is 5.19. The second-order valence-corrected chi connectivity index (χ2v) is 4.90. The van der Waals surface area contributed by atoms with Crippen molar-refractivity contribution in [1.29, 1.82) is 0 Å². The number of methoxy groups -OCH3 is 1. The van der Waals surface area contributed by atoms with Gasteiger partial charge in [0, 0.05) is 0 Å². The van der Waals surface area contributed by atoms with Gasteiger partial charge in [-0.2, -0.15) is 0 Å². The number of para-hydroxylation sites is 1. The van der Waals surface area contributed by atoms with Gasteiger partial charge in [0.05, 0.1) is 18.4 Å². The summed E-state index contributed by atoms with van der Waals surface area (Å²) >= 11 is 0.